The van der Waals surface area contributed by atoms with E-state index >= 15 is 0 Å². The van der Waals surface area contributed by atoms with Gasteiger partial charge in [0.1, 0.15) is 6.04 Å². The lowest BCUT2D eigenvalue weighted by atomic mass is 9.97. The van der Waals surface area contributed by atoms with Crippen LogP contribution < -0.4 is 5.32 Å². The topological polar surface area (TPSA) is 55.9 Å². The fourth-order valence-electron chi connectivity index (χ4n) is 4.35. The Labute approximate surface area is 168 Å². The highest BCUT2D eigenvalue weighted by atomic mass is 16.2. The lowest BCUT2D eigenvalue weighted by Crippen LogP contribution is -2.63. The fraction of sp³-hybridized carbons (Fsp3) is 0.636. The highest BCUT2D eigenvalue weighted by Crippen LogP contribution is 2.30. The number of amides is 3. The van der Waals surface area contributed by atoms with Crippen molar-refractivity contribution in [1.29, 1.82) is 0 Å². The summed E-state index contributed by atoms with van der Waals surface area (Å²) in [6.45, 7) is 6.20. The van der Waals surface area contributed by atoms with Gasteiger partial charge in [-0.1, -0.05) is 44.2 Å². The minimum absolute atomic E-state index is 0.108. The highest BCUT2D eigenvalue weighted by Gasteiger charge is 2.47. The number of carbonyl (C=O) groups is 2. The summed E-state index contributed by atoms with van der Waals surface area (Å²) in [5.74, 6) is 0.477. The number of likely N-dealkylation sites (N-methyl/N-ethyl adjacent to an activating group) is 1. The van der Waals surface area contributed by atoms with E-state index in [0.29, 0.717) is 31.5 Å². The summed E-state index contributed by atoms with van der Waals surface area (Å²) in [5.41, 5.74) is 1.20. The normalized spacial score (nSPS) is 24.8. The molecule has 1 N–H and O–H groups in total. The Hall–Kier alpha value is -2.08. The third-order valence-corrected chi connectivity index (χ3v) is 5.96. The molecular weight excluding hydrogens is 352 g/mol. The number of piperazine rings is 1. The second-order valence-electron chi connectivity index (χ2n) is 8.76. The Morgan fingerprint density at radius 1 is 1.21 bits per heavy atom. The molecule has 2 fully saturated rings. The minimum Gasteiger partial charge on any atom is -0.338 e. The molecule has 3 amide bonds. The predicted octanol–water partition coefficient (Wildman–Crippen LogP) is 2.20. The zero-order valence-electron chi connectivity index (χ0n) is 17.6. The summed E-state index contributed by atoms with van der Waals surface area (Å²) in [6.07, 6.45) is 2.43. The molecule has 2 saturated heterocycles. The molecule has 3 rings (SSSR count). The maximum atomic E-state index is 13.2. The van der Waals surface area contributed by atoms with E-state index in [1.807, 2.05) is 23.1 Å². The molecule has 6 nitrogen and oxygen atoms in total. The summed E-state index contributed by atoms with van der Waals surface area (Å²) in [4.78, 5) is 32.2. The van der Waals surface area contributed by atoms with Gasteiger partial charge in [-0.25, -0.2) is 4.79 Å². The van der Waals surface area contributed by atoms with Crippen molar-refractivity contribution in [2.24, 2.45) is 5.92 Å². The number of nitrogens with one attached hydrogen (secondary N) is 1. The van der Waals surface area contributed by atoms with Crippen LogP contribution in [0.15, 0.2) is 30.3 Å². The average molecular weight is 387 g/mol. The van der Waals surface area contributed by atoms with E-state index in [2.05, 4.69) is 50.3 Å². The zero-order chi connectivity index (χ0) is 20.3. The monoisotopic (exact) mass is 386 g/mol. The van der Waals surface area contributed by atoms with Crippen molar-refractivity contribution in [1.82, 2.24) is 20.0 Å². The van der Waals surface area contributed by atoms with Crippen molar-refractivity contribution in [3.8, 4) is 0 Å². The first kappa shape index (κ1) is 20.6. The average Bonchev–Trinajstić information content (AvgIpc) is 3.09. The van der Waals surface area contributed by atoms with Gasteiger partial charge in [0.2, 0.25) is 5.91 Å². The largest absolute Gasteiger partial charge is 0.338 e. The molecule has 28 heavy (non-hydrogen) atoms. The van der Waals surface area contributed by atoms with Crippen molar-refractivity contribution in [3.63, 3.8) is 0 Å². The van der Waals surface area contributed by atoms with Crippen LogP contribution in [0.1, 0.15) is 32.3 Å². The summed E-state index contributed by atoms with van der Waals surface area (Å²) in [5, 5.41) is 3.04. The van der Waals surface area contributed by atoms with Gasteiger partial charge in [0.05, 0.1) is 6.04 Å². The zero-order valence-corrected chi connectivity index (χ0v) is 17.6. The van der Waals surface area contributed by atoms with E-state index in [1.54, 1.807) is 4.90 Å². The summed E-state index contributed by atoms with van der Waals surface area (Å²) < 4.78 is 0. The molecule has 0 aliphatic carbocycles. The van der Waals surface area contributed by atoms with E-state index in [-0.39, 0.29) is 24.0 Å². The van der Waals surface area contributed by atoms with E-state index < -0.39 is 0 Å². The van der Waals surface area contributed by atoms with E-state index in [9.17, 15) is 9.59 Å². The summed E-state index contributed by atoms with van der Waals surface area (Å²) >= 11 is 0. The molecule has 154 valence electrons. The van der Waals surface area contributed by atoms with Gasteiger partial charge in [-0.3, -0.25) is 4.79 Å². The van der Waals surface area contributed by atoms with Crippen LogP contribution in [-0.2, 0) is 11.2 Å². The van der Waals surface area contributed by atoms with E-state index in [1.165, 1.54) is 5.56 Å². The number of urea groups is 1. The van der Waals surface area contributed by atoms with Gasteiger partial charge < -0.3 is 20.0 Å². The van der Waals surface area contributed by atoms with Crippen LogP contribution in [0, 0.1) is 5.92 Å². The number of fused-ring (bicyclic) bond motifs is 1. The Balaban J connectivity index is 1.66. The molecule has 0 unspecified atom stereocenters. The first-order chi connectivity index (χ1) is 13.4. The molecule has 2 aliphatic heterocycles. The Bertz CT molecular complexity index is 676. The van der Waals surface area contributed by atoms with Crippen LogP contribution in [0.5, 0.6) is 0 Å². The third kappa shape index (κ3) is 4.66. The molecule has 0 aromatic heterocycles. The Morgan fingerprint density at radius 2 is 1.93 bits per heavy atom. The maximum Gasteiger partial charge on any atom is 0.318 e. The number of hydrogen-bond donors (Lipinski definition) is 1. The van der Waals surface area contributed by atoms with Crippen LogP contribution in [0.25, 0.3) is 0 Å². The molecule has 6 heteroatoms. The van der Waals surface area contributed by atoms with Gasteiger partial charge in [-0.2, -0.15) is 0 Å². The van der Waals surface area contributed by atoms with Crippen LogP contribution in [-0.4, -0.2) is 78.5 Å². The first-order valence-electron chi connectivity index (χ1n) is 10.4. The van der Waals surface area contributed by atoms with Gasteiger partial charge in [0.15, 0.2) is 0 Å². The summed E-state index contributed by atoms with van der Waals surface area (Å²) in [7, 11) is 4.13. The van der Waals surface area contributed by atoms with Gasteiger partial charge in [-0.15, -0.1) is 0 Å². The van der Waals surface area contributed by atoms with Crippen molar-refractivity contribution >= 4 is 11.9 Å². The second kappa shape index (κ2) is 8.95. The quantitative estimate of drug-likeness (QED) is 0.815. The Morgan fingerprint density at radius 3 is 2.57 bits per heavy atom. The molecule has 1 aromatic rings. The second-order valence-corrected chi connectivity index (χ2v) is 8.76. The molecular formula is C22H34N4O2. The van der Waals surface area contributed by atoms with Crippen molar-refractivity contribution in [2.75, 3.05) is 33.7 Å². The summed E-state index contributed by atoms with van der Waals surface area (Å²) in [6, 6.07) is 10.2. The van der Waals surface area contributed by atoms with Crippen LogP contribution >= 0.6 is 0 Å². The molecule has 0 bridgehead atoms. The Kier molecular flexibility index (Phi) is 6.60. The van der Waals surface area contributed by atoms with E-state index in [4.69, 9.17) is 0 Å². The smallest absolute Gasteiger partial charge is 0.318 e. The van der Waals surface area contributed by atoms with Crippen LogP contribution in [0.4, 0.5) is 4.79 Å². The van der Waals surface area contributed by atoms with Crippen LogP contribution in [0.2, 0.25) is 0 Å². The SMILES string of the molecule is CC(C)C[C@H]1C(=O)N2C[C@@H](N(C)C)C[C@H]2CN1C(=O)NCCc1ccccc1. The molecule has 2 heterocycles. The molecule has 3 atom stereocenters. The standard InChI is InChI=1S/C22H34N4O2/c1-16(2)12-20-21(27)25-14-18(24(3)4)13-19(25)15-26(20)22(28)23-11-10-17-8-6-5-7-9-17/h5-9,16,18-20H,10-15H2,1-4H3,(H,23,28)/t18-,19-,20-/m0/s1. The van der Waals surface area contributed by atoms with Gasteiger partial charge in [0.25, 0.3) is 0 Å². The lowest BCUT2D eigenvalue weighted by molar-refractivity contribution is -0.142. The molecule has 0 radical (unpaired) electrons. The van der Waals surface area contributed by atoms with Gasteiger partial charge >= 0.3 is 6.03 Å². The lowest BCUT2D eigenvalue weighted by Gasteiger charge is -2.43. The maximum absolute atomic E-state index is 13.2. The predicted molar refractivity (Wildman–Crippen MR) is 111 cm³/mol. The molecule has 1 aromatic carbocycles. The number of hydrogen-bond acceptors (Lipinski definition) is 3. The van der Waals surface area contributed by atoms with Gasteiger partial charge in [0, 0.05) is 25.7 Å². The molecule has 0 spiro atoms. The van der Waals surface area contributed by atoms with Crippen molar-refractivity contribution < 1.29 is 9.59 Å². The van der Waals surface area contributed by atoms with Crippen molar-refractivity contribution in [2.45, 2.75) is 51.2 Å². The minimum atomic E-state index is -0.353. The third-order valence-electron chi connectivity index (χ3n) is 5.96. The van der Waals surface area contributed by atoms with E-state index in [0.717, 1.165) is 19.4 Å². The first-order valence-corrected chi connectivity index (χ1v) is 10.4. The van der Waals surface area contributed by atoms with Crippen molar-refractivity contribution in [3.05, 3.63) is 35.9 Å². The highest BCUT2D eigenvalue weighted by molar-refractivity contribution is 5.89. The fourth-order valence-corrected chi connectivity index (χ4v) is 4.35. The number of rotatable bonds is 6. The molecule has 2 aliphatic rings. The van der Waals surface area contributed by atoms with Gasteiger partial charge in [-0.05, 0) is 44.8 Å². The molecule has 0 saturated carbocycles. The number of carbonyl (C=O) groups excluding carboxylic acids is 2. The number of nitrogens with zero attached hydrogens (tertiary/aromatic N) is 3. The number of benzene rings is 1. The van der Waals surface area contributed by atoms with Crippen LogP contribution in [0.3, 0.4) is 0 Å².